The van der Waals surface area contributed by atoms with Gasteiger partial charge < -0.3 is 4.74 Å². The van der Waals surface area contributed by atoms with E-state index in [0.29, 0.717) is 0 Å². The molecule has 0 aliphatic carbocycles. The Bertz CT molecular complexity index is 731. The number of esters is 1. The summed E-state index contributed by atoms with van der Waals surface area (Å²) in [7, 11) is -3.71. The van der Waals surface area contributed by atoms with Crippen LogP contribution >= 0.6 is 0 Å². The summed E-state index contributed by atoms with van der Waals surface area (Å²) < 4.78 is 30.1. The summed E-state index contributed by atoms with van der Waals surface area (Å²) in [4.78, 5) is 11.2. The topological polar surface area (TPSA) is 60.4 Å². The van der Waals surface area contributed by atoms with Crippen LogP contribution in [-0.4, -0.2) is 14.4 Å². The Morgan fingerprint density at radius 1 is 1.00 bits per heavy atom. The molecule has 0 aliphatic rings. The van der Waals surface area contributed by atoms with Gasteiger partial charge in [0, 0.05) is 6.92 Å². The van der Waals surface area contributed by atoms with Crippen LogP contribution in [0.1, 0.15) is 12.5 Å². The molecule has 0 aromatic heterocycles. The first-order chi connectivity index (χ1) is 9.41. The van der Waals surface area contributed by atoms with Crippen LogP contribution < -0.4 is 4.74 Å². The minimum absolute atomic E-state index is 0.0148. The first-order valence-electron chi connectivity index (χ1n) is 6.00. The molecule has 0 heterocycles. The number of sulfone groups is 1. The predicted octanol–water partition coefficient (Wildman–Crippen LogP) is 2.75. The fourth-order valence-corrected chi connectivity index (χ4v) is 3.14. The monoisotopic (exact) mass is 290 g/mol. The molecule has 0 unspecified atom stereocenters. The molecule has 0 bridgehead atoms. The average molecular weight is 290 g/mol. The number of hydrogen-bond donors (Lipinski definition) is 0. The first kappa shape index (κ1) is 14.3. The molecule has 0 amide bonds. The summed E-state index contributed by atoms with van der Waals surface area (Å²) in [6, 6.07) is 12.6. The third kappa shape index (κ3) is 2.88. The molecule has 0 saturated heterocycles. The van der Waals surface area contributed by atoms with Gasteiger partial charge in [-0.1, -0.05) is 29.8 Å². The fraction of sp³-hybridized carbons (Fsp3) is 0.133. The maximum Gasteiger partial charge on any atom is 0.308 e. The highest BCUT2D eigenvalue weighted by Crippen LogP contribution is 2.29. The number of ether oxygens (including phenoxy) is 1. The highest BCUT2D eigenvalue weighted by atomic mass is 32.2. The van der Waals surface area contributed by atoms with Crippen molar-refractivity contribution in [1.29, 1.82) is 0 Å². The molecule has 0 spiro atoms. The highest BCUT2D eigenvalue weighted by molar-refractivity contribution is 7.91. The molecule has 2 rings (SSSR count). The van der Waals surface area contributed by atoms with E-state index in [0.717, 1.165) is 5.56 Å². The fourth-order valence-electron chi connectivity index (χ4n) is 1.76. The van der Waals surface area contributed by atoms with Crippen molar-refractivity contribution >= 4 is 15.8 Å². The predicted molar refractivity (Wildman–Crippen MR) is 74.4 cm³/mol. The van der Waals surface area contributed by atoms with Crippen molar-refractivity contribution in [2.45, 2.75) is 23.6 Å². The van der Waals surface area contributed by atoms with Gasteiger partial charge in [-0.2, -0.15) is 0 Å². The van der Waals surface area contributed by atoms with Gasteiger partial charge in [0.1, 0.15) is 10.6 Å². The second-order valence-corrected chi connectivity index (χ2v) is 6.27. The van der Waals surface area contributed by atoms with Crippen molar-refractivity contribution in [2.24, 2.45) is 0 Å². The van der Waals surface area contributed by atoms with Crippen molar-refractivity contribution in [1.82, 2.24) is 0 Å². The lowest BCUT2D eigenvalue weighted by Gasteiger charge is -2.10. The van der Waals surface area contributed by atoms with Crippen molar-refractivity contribution < 1.29 is 17.9 Å². The quantitative estimate of drug-likeness (QED) is 0.644. The lowest BCUT2D eigenvalue weighted by atomic mass is 10.2. The van der Waals surface area contributed by atoms with Gasteiger partial charge in [-0.05, 0) is 31.2 Å². The minimum atomic E-state index is -3.71. The van der Waals surface area contributed by atoms with E-state index in [4.69, 9.17) is 4.74 Å². The maximum atomic E-state index is 12.6. The van der Waals surface area contributed by atoms with Gasteiger partial charge in [0.15, 0.2) is 0 Å². The molecule has 0 atom stereocenters. The first-order valence-corrected chi connectivity index (χ1v) is 7.49. The van der Waals surface area contributed by atoms with E-state index in [-0.39, 0.29) is 15.5 Å². The zero-order valence-electron chi connectivity index (χ0n) is 11.2. The Balaban J connectivity index is 2.54. The molecule has 2 aromatic rings. The molecule has 2 aromatic carbocycles. The minimum Gasteiger partial charge on any atom is -0.425 e. The standard InChI is InChI=1S/C15H14O4S/c1-11-7-9-13(10-8-11)20(17,18)15-6-4-3-5-14(15)19-12(2)16/h3-10H,1-2H3. The van der Waals surface area contributed by atoms with E-state index in [2.05, 4.69) is 0 Å². The second-order valence-electron chi connectivity index (χ2n) is 4.36. The third-order valence-electron chi connectivity index (χ3n) is 2.72. The van der Waals surface area contributed by atoms with Gasteiger partial charge in [-0.15, -0.1) is 0 Å². The van der Waals surface area contributed by atoms with Crippen molar-refractivity contribution in [3.63, 3.8) is 0 Å². The average Bonchev–Trinajstić information content (AvgIpc) is 2.39. The molecule has 20 heavy (non-hydrogen) atoms. The van der Waals surface area contributed by atoms with Crippen molar-refractivity contribution in [3.8, 4) is 5.75 Å². The van der Waals surface area contributed by atoms with Gasteiger partial charge in [-0.3, -0.25) is 4.79 Å². The Morgan fingerprint density at radius 3 is 2.20 bits per heavy atom. The molecule has 0 saturated carbocycles. The summed E-state index contributed by atoms with van der Waals surface area (Å²) in [5.74, 6) is -0.517. The van der Waals surface area contributed by atoms with E-state index in [1.165, 1.54) is 31.2 Å². The summed E-state index contributed by atoms with van der Waals surface area (Å²) in [6.45, 7) is 3.11. The molecular formula is C15H14O4S. The normalized spacial score (nSPS) is 11.1. The number of benzene rings is 2. The zero-order valence-corrected chi connectivity index (χ0v) is 12.0. The maximum absolute atomic E-state index is 12.6. The van der Waals surface area contributed by atoms with Gasteiger partial charge in [0.05, 0.1) is 4.90 Å². The summed E-state index contributed by atoms with van der Waals surface area (Å²) in [6.07, 6.45) is 0. The number of carbonyl (C=O) groups excluding carboxylic acids is 1. The zero-order chi connectivity index (χ0) is 14.8. The molecule has 0 aliphatic heterocycles. The van der Waals surface area contributed by atoms with Crippen molar-refractivity contribution in [2.75, 3.05) is 0 Å². The van der Waals surface area contributed by atoms with Crippen molar-refractivity contribution in [3.05, 3.63) is 54.1 Å². The van der Waals surface area contributed by atoms with Crippen LogP contribution in [0.3, 0.4) is 0 Å². The van der Waals surface area contributed by atoms with E-state index in [9.17, 15) is 13.2 Å². The molecular weight excluding hydrogens is 276 g/mol. The van der Waals surface area contributed by atoms with Gasteiger partial charge in [0.25, 0.3) is 0 Å². The van der Waals surface area contributed by atoms with Crippen LogP contribution in [0.5, 0.6) is 5.75 Å². The van der Waals surface area contributed by atoms with Crippen LogP contribution in [0.15, 0.2) is 58.3 Å². The number of para-hydroxylation sites is 1. The van der Waals surface area contributed by atoms with Crippen LogP contribution in [0.2, 0.25) is 0 Å². The smallest absolute Gasteiger partial charge is 0.308 e. The Labute approximate surface area is 117 Å². The van der Waals surface area contributed by atoms with Crippen LogP contribution in [0.25, 0.3) is 0 Å². The number of carbonyl (C=O) groups is 1. The molecule has 4 nitrogen and oxygen atoms in total. The van der Waals surface area contributed by atoms with E-state index in [1.807, 2.05) is 6.92 Å². The Kier molecular flexibility index (Phi) is 3.90. The number of aryl methyl sites for hydroxylation is 1. The molecule has 0 radical (unpaired) electrons. The van der Waals surface area contributed by atoms with Gasteiger partial charge in [0.2, 0.25) is 9.84 Å². The van der Waals surface area contributed by atoms with Crippen LogP contribution in [-0.2, 0) is 14.6 Å². The molecule has 0 fully saturated rings. The summed E-state index contributed by atoms with van der Waals surface area (Å²) in [5.41, 5.74) is 0.970. The van der Waals surface area contributed by atoms with Crippen LogP contribution in [0.4, 0.5) is 0 Å². The highest BCUT2D eigenvalue weighted by Gasteiger charge is 2.22. The van der Waals surface area contributed by atoms with Crippen LogP contribution in [0, 0.1) is 6.92 Å². The molecule has 0 N–H and O–H groups in total. The number of hydrogen-bond acceptors (Lipinski definition) is 4. The summed E-state index contributed by atoms with van der Waals surface area (Å²) >= 11 is 0. The molecule has 104 valence electrons. The molecule has 5 heteroatoms. The lowest BCUT2D eigenvalue weighted by Crippen LogP contribution is -2.08. The largest absolute Gasteiger partial charge is 0.425 e. The summed E-state index contributed by atoms with van der Waals surface area (Å²) in [5, 5.41) is 0. The van der Waals surface area contributed by atoms with E-state index in [1.54, 1.807) is 24.3 Å². The second kappa shape index (κ2) is 5.46. The lowest BCUT2D eigenvalue weighted by molar-refractivity contribution is -0.132. The Hall–Kier alpha value is -2.14. The van der Waals surface area contributed by atoms with E-state index >= 15 is 0 Å². The number of rotatable bonds is 3. The SMILES string of the molecule is CC(=O)Oc1ccccc1S(=O)(=O)c1ccc(C)cc1. The van der Waals surface area contributed by atoms with Gasteiger partial charge >= 0.3 is 5.97 Å². The third-order valence-corrected chi connectivity index (χ3v) is 4.53. The Morgan fingerprint density at radius 2 is 1.60 bits per heavy atom. The van der Waals surface area contributed by atoms with E-state index < -0.39 is 15.8 Å². The van der Waals surface area contributed by atoms with Gasteiger partial charge in [-0.25, -0.2) is 8.42 Å².